The lowest BCUT2D eigenvalue weighted by molar-refractivity contribution is 0.0774. The molecule has 1 heterocycles. The Morgan fingerprint density at radius 2 is 1.48 bits per heavy atom. The Morgan fingerprint density at radius 1 is 0.870 bits per heavy atom. The summed E-state index contributed by atoms with van der Waals surface area (Å²) in [6, 6.07) is 18.3. The normalized spacial score (nSPS) is 24.6. The summed E-state index contributed by atoms with van der Waals surface area (Å²) in [5, 5.41) is 4.58. The fourth-order valence-corrected chi connectivity index (χ4v) is 3.61. The van der Waals surface area contributed by atoms with Gasteiger partial charge in [-0.1, -0.05) is 48.0 Å². The predicted octanol–water partition coefficient (Wildman–Crippen LogP) is 4.63. The largest absolute Gasteiger partial charge is 0.381 e. The lowest BCUT2D eigenvalue weighted by Crippen LogP contribution is -2.36. The van der Waals surface area contributed by atoms with E-state index >= 15 is 0 Å². The molecule has 0 aromatic heterocycles. The number of hydrogen-bond donors (Lipinski definition) is 1. The molecule has 0 unspecified atom stereocenters. The summed E-state index contributed by atoms with van der Waals surface area (Å²) < 4.78 is 5.43. The smallest absolute Gasteiger partial charge is 0.0480 e. The standard InChI is InChI=1S/C20H22ClNO/c21-17-7-5-15(6-8-17)14-1-3-16(4-2-14)19-13-20(19)22-18-9-11-23-12-10-18/h1-8,18-20,22H,9-13H2/t19-,20+/m1/s1. The van der Waals surface area contributed by atoms with Crippen molar-refractivity contribution < 1.29 is 4.74 Å². The van der Waals surface area contributed by atoms with Crippen LogP contribution in [0.15, 0.2) is 48.5 Å². The molecule has 0 bridgehead atoms. The monoisotopic (exact) mass is 327 g/mol. The average Bonchev–Trinajstić information content (AvgIpc) is 3.36. The van der Waals surface area contributed by atoms with Gasteiger partial charge in [0.05, 0.1) is 0 Å². The van der Waals surface area contributed by atoms with E-state index in [1.807, 2.05) is 12.1 Å². The fourth-order valence-electron chi connectivity index (χ4n) is 3.48. The highest BCUT2D eigenvalue weighted by molar-refractivity contribution is 6.30. The quantitative estimate of drug-likeness (QED) is 0.884. The highest BCUT2D eigenvalue weighted by atomic mass is 35.5. The summed E-state index contributed by atoms with van der Waals surface area (Å²) in [6.07, 6.45) is 3.56. The van der Waals surface area contributed by atoms with Crippen LogP contribution in [0.5, 0.6) is 0 Å². The second kappa shape index (κ2) is 6.64. The van der Waals surface area contributed by atoms with Crippen molar-refractivity contribution in [2.24, 2.45) is 0 Å². The minimum Gasteiger partial charge on any atom is -0.381 e. The maximum atomic E-state index is 5.96. The van der Waals surface area contributed by atoms with Gasteiger partial charge >= 0.3 is 0 Å². The van der Waals surface area contributed by atoms with Gasteiger partial charge in [0.2, 0.25) is 0 Å². The first-order valence-electron chi connectivity index (χ1n) is 8.49. The first-order valence-corrected chi connectivity index (χ1v) is 8.87. The second-order valence-corrected chi connectivity index (χ2v) is 7.07. The number of halogens is 1. The van der Waals surface area contributed by atoms with Crippen LogP contribution in [-0.4, -0.2) is 25.3 Å². The minimum absolute atomic E-state index is 0.645. The van der Waals surface area contributed by atoms with Crippen LogP contribution in [0.2, 0.25) is 5.02 Å². The van der Waals surface area contributed by atoms with Crippen molar-refractivity contribution >= 4 is 11.6 Å². The van der Waals surface area contributed by atoms with Gasteiger partial charge in [-0.2, -0.15) is 0 Å². The maximum Gasteiger partial charge on any atom is 0.0480 e. The van der Waals surface area contributed by atoms with E-state index in [9.17, 15) is 0 Å². The average molecular weight is 328 g/mol. The summed E-state index contributed by atoms with van der Waals surface area (Å²) in [4.78, 5) is 0. The molecule has 3 heteroatoms. The van der Waals surface area contributed by atoms with E-state index in [-0.39, 0.29) is 0 Å². The van der Waals surface area contributed by atoms with Crippen LogP contribution in [0, 0.1) is 0 Å². The third-order valence-electron chi connectivity index (χ3n) is 4.98. The van der Waals surface area contributed by atoms with E-state index in [1.54, 1.807) is 0 Å². The second-order valence-electron chi connectivity index (χ2n) is 6.63. The van der Waals surface area contributed by atoms with Crippen molar-refractivity contribution in [1.29, 1.82) is 0 Å². The summed E-state index contributed by atoms with van der Waals surface area (Å²) in [7, 11) is 0. The maximum absolute atomic E-state index is 5.96. The molecule has 0 spiro atoms. The van der Waals surface area contributed by atoms with E-state index in [0.717, 1.165) is 31.1 Å². The molecule has 4 rings (SSSR count). The van der Waals surface area contributed by atoms with Gasteiger partial charge in [0.25, 0.3) is 0 Å². The van der Waals surface area contributed by atoms with Crippen molar-refractivity contribution in [3.8, 4) is 11.1 Å². The molecule has 1 saturated heterocycles. The van der Waals surface area contributed by atoms with Gasteiger partial charge in [-0.05, 0) is 48.1 Å². The molecular formula is C20H22ClNO. The SMILES string of the molecule is Clc1ccc(-c2ccc([C@H]3C[C@@H]3NC3CCOCC3)cc2)cc1. The number of nitrogens with one attached hydrogen (secondary N) is 1. The molecule has 2 nitrogen and oxygen atoms in total. The molecule has 2 aromatic carbocycles. The molecule has 1 saturated carbocycles. The third kappa shape index (κ3) is 3.60. The van der Waals surface area contributed by atoms with Crippen molar-refractivity contribution in [3.05, 3.63) is 59.1 Å². The summed E-state index contributed by atoms with van der Waals surface area (Å²) in [5.41, 5.74) is 3.92. The Morgan fingerprint density at radius 3 is 2.13 bits per heavy atom. The number of ether oxygens (including phenoxy) is 1. The Hall–Kier alpha value is -1.35. The van der Waals surface area contributed by atoms with Gasteiger partial charge in [0.15, 0.2) is 0 Å². The number of rotatable bonds is 4. The Bertz CT molecular complexity index is 646. The molecule has 1 aliphatic heterocycles. The molecule has 0 radical (unpaired) electrons. The lowest BCUT2D eigenvalue weighted by Gasteiger charge is -2.23. The molecular weight excluding hydrogens is 306 g/mol. The molecule has 23 heavy (non-hydrogen) atoms. The molecule has 120 valence electrons. The van der Waals surface area contributed by atoms with Gasteiger partial charge in [0, 0.05) is 36.2 Å². The highest BCUT2D eigenvalue weighted by Crippen LogP contribution is 2.42. The summed E-state index contributed by atoms with van der Waals surface area (Å²) in [5.74, 6) is 0.678. The predicted molar refractivity (Wildman–Crippen MR) is 95.0 cm³/mol. The Labute approximate surface area is 142 Å². The molecule has 0 amide bonds. The van der Waals surface area contributed by atoms with E-state index in [2.05, 4.69) is 41.7 Å². The minimum atomic E-state index is 0.645. The molecule has 2 aliphatic rings. The first-order chi connectivity index (χ1) is 11.3. The van der Waals surface area contributed by atoms with Crippen LogP contribution in [-0.2, 0) is 4.74 Å². The molecule has 2 fully saturated rings. The number of hydrogen-bond acceptors (Lipinski definition) is 2. The molecule has 2 aromatic rings. The summed E-state index contributed by atoms with van der Waals surface area (Å²) >= 11 is 5.96. The fraction of sp³-hybridized carbons (Fsp3) is 0.400. The summed E-state index contributed by atoms with van der Waals surface area (Å²) in [6.45, 7) is 1.82. The van der Waals surface area contributed by atoms with Crippen LogP contribution in [0.4, 0.5) is 0 Å². The van der Waals surface area contributed by atoms with Crippen molar-refractivity contribution in [2.75, 3.05) is 13.2 Å². The number of benzene rings is 2. The Kier molecular flexibility index (Phi) is 4.39. The Balaban J connectivity index is 1.38. The van der Waals surface area contributed by atoms with Gasteiger partial charge in [-0.25, -0.2) is 0 Å². The van der Waals surface area contributed by atoms with Gasteiger partial charge < -0.3 is 10.1 Å². The lowest BCUT2D eigenvalue weighted by atomic mass is 10.0. The van der Waals surface area contributed by atoms with Crippen molar-refractivity contribution in [2.45, 2.75) is 37.3 Å². The van der Waals surface area contributed by atoms with Gasteiger partial charge in [-0.15, -0.1) is 0 Å². The van der Waals surface area contributed by atoms with E-state index in [1.165, 1.54) is 23.1 Å². The van der Waals surface area contributed by atoms with Crippen LogP contribution in [0.1, 0.15) is 30.7 Å². The van der Waals surface area contributed by atoms with Crippen LogP contribution >= 0.6 is 11.6 Å². The topological polar surface area (TPSA) is 21.3 Å². The zero-order chi connectivity index (χ0) is 15.6. The van der Waals surface area contributed by atoms with Crippen molar-refractivity contribution in [3.63, 3.8) is 0 Å². The van der Waals surface area contributed by atoms with Crippen LogP contribution in [0.25, 0.3) is 11.1 Å². The van der Waals surface area contributed by atoms with Crippen LogP contribution in [0.3, 0.4) is 0 Å². The van der Waals surface area contributed by atoms with Crippen molar-refractivity contribution in [1.82, 2.24) is 5.32 Å². The van der Waals surface area contributed by atoms with Crippen LogP contribution < -0.4 is 5.32 Å². The molecule has 1 aliphatic carbocycles. The zero-order valence-electron chi connectivity index (χ0n) is 13.2. The molecule has 1 N–H and O–H groups in total. The first kappa shape index (κ1) is 15.2. The van der Waals surface area contributed by atoms with E-state index in [0.29, 0.717) is 18.0 Å². The van der Waals surface area contributed by atoms with Gasteiger partial charge in [0.1, 0.15) is 0 Å². The van der Waals surface area contributed by atoms with E-state index in [4.69, 9.17) is 16.3 Å². The van der Waals surface area contributed by atoms with Gasteiger partial charge in [-0.3, -0.25) is 0 Å². The third-order valence-corrected chi connectivity index (χ3v) is 5.23. The highest BCUT2D eigenvalue weighted by Gasteiger charge is 2.39. The zero-order valence-corrected chi connectivity index (χ0v) is 13.9. The van der Waals surface area contributed by atoms with E-state index < -0.39 is 0 Å². The molecule has 2 atom stereocenters.